The van der Waals surface area contributed by atoms with Gasteiger partial charge in [0, 0.05) is 12.1 Å². The van der Waals surface area contributed by atoms with Crippen molar-refractivity contribution in [2.24, 2.45) is 0 Å². The lowest BCUT2D eigenvalue weighted by Crippen LogP contribution is -2.23. The zero-order valence-electron chi connectivity index (χ0n) is 12.5. The lowest BCUT2D eigenvalue weighted by molar-refractivity contribution is 0.0951. The minimum atomic E-state index is -3.33. The third-order valence-corrected chi connectivity index (χ3v) is 3.67. The van der Waals surface area contributed by atoms with Crippen LogP contribution in [0.2, 0.25) is 0 Å². The Kier molecular flexibility index (Phi) is 4.82. The van der Waals surface area contributed by atoms with E-state index in [1.165, 1.54) is 0 Å². The van der Waals surface area contributed by atoms with E-state index in [9.17, 15) is 13.2 Å². The van der Waals surface area contributed by atoms with Crippen molar-refractivity contribution in [3.05, 3.63) is 65.2 Å². The summed E-state index contributed by atoms with van der Waals surface area (Å²) >= 11 is 0. The summed E-state index contributed by atoms with van der Waals surface area (Å²) in [7, 11) is -3.33. The molecule has 0 fully saturated rings. The topological polar surface area (TPSA) is 75.3 Å². The highest BCUT2D eigenvalue weighted by Gasteiger charge is 2.09. The van der Waals surface area contributed by atoms with Gasteiger partial charge < -0.3 is 5.32 Å². The molecule has 0 heterocycles. The van der Waals surface area contributed by atoms with Gasteiger partial charge in [0.1, 0.15) is 0 Å². The summed E-state index contributed by atoms with van der Waals surface area (Å²) in [6.07, 6.45) is 1.09. The van der Waals surface area contributed by atoms with Gasteiger partial charge in [0.2, 0.25) is 10.0 Å². The van der Waals surface area contributed by atoms with Gasteiger partial charge in [-0.15, -0.1) is 0 Å². The fourth-order valence-corrected chi connectivity index (χ4v) is 2.63. The van der Waals surface area contributed by atoms with Crippen molar-refractivity contribution in [1.82, 2.24) is 5.32 Å². The van der Waals surface area contributed by atoms with Crippen molar-refractivity contribution in [3.8, 4) is 0 Å². The predicted octanol–water partition coefficient (Wildman–Crippen LogP) is 2.30. The van der Waals surface area contributed by atoms with Crippen molar-refractivity contribution in [3.63, 3.8) is 0 Å². The number of sulfonamides is 1. The molecule has 0 aliphatic heterocycles. The molecule has 2 N–H and O–H groups in total. The van der Waals surface area contributed by atoms with E-state index in [0.717, 1.165) is 11.8 Å². The van der Waals surface area contributed by atoms with Crippen LogP contribution in [-0.4, -0.2) is 20.6 Å². The predicted molar refractivity (Wildman–Crippen MR) is 87.3 cm³/mol. The average molecular weight is 318 g/mol. The molecule has 22 heavy (non-hydrogen) atoms. The molecule has 5 nitrogen and oxygen atoms in total. The normalized spacial score (nSPS) is 11.0. The number of carbonyl (C=O) groups excluding carboxylic acids is 1. The fourth-order valence-electron chi connectivity index (χ4n) is 2.00. The number of hydrogen-bond acceptors (Lipinski definition) is 3. The first kappa shape index (κ1) is 16.0. The third kappa shape index (κ3) is 4.60. The Morgan fingerprint density at radius 3 is 2.36 bits per heavy atom. The maximum atomic E-state index is 12.1. The molecule has 0 spiro atoms. The van der Waals surface area contributed by atoms with E-state index in [1.54, 1.807) is 25.1 Å². The zero-order chi connectivity index (χ0) is 16.2. The number of nitrogens with one attached hydrogen (secondary N) is 2. The second-order valence-corrected chi connectivity index (χ2v) is 6.82. The summed E-state index contributed by atoms with van der Waals surface area (Å²) < 4.78 is 24.9. The molecule has 0 saturated heterocycles. The SMILES string of the molecule is Cc1cc(C(=O)NCc2ccccc2)ccc1NS(C)(=O)=O. The van der Waals surface area contributed by atoms with Gasteiger partial charge in [-0.2, -0.15) is 0 Å². The Bertz CT molecular complexity index is 771. The van der Waals surface area contributed by atoms with Crippen LogP contribution in [0, 0.1) is 6.92 Å². The highest BCUT2D eigenvalue weighted by atomic mass is 32.2. The summed E-state index contributed by atoms with van der Waals surface area (Å²) in [4.78, 5) is 12.1. The summed E-state index contributed by atoms with van der Waals surface area (Å²) in [5.74, 6) is -0.196. The Hall–Kier alpha value is -2.34. The minimum absolute atomic E-state index is 0.196. The number of benzene rings is 2. The zero-order valence-corrected chi connectivity index (χ0v) is 13.3. The summed E-state index contributed by atoms with van der Waals surface area (Å²) in [5.41, 5.74) is 2.68. The van der Waals surface area contributed by atoms with E-state index in [-0.39, 0.29) is 5.91 Å². The van der Waals surface area contributed by atoms with Gasteiger partial charge in [0.15, 0.2) is 0 Å². The van der Waals surface area contributed by atoms with Crippen LogP contribution in [0.1, 0.15) is 21.5 Å². The van der Waals surface area contributed by atoms with Gasteiger partial charge in [0.05, 0.1) is 11.9 Å². The van der Waals surface area contributed by atoms with Crippen LogP contribution in [0.4, 0.5) is 5.69 Å². The molecule has 2 aromatic rings. The van der Waals surface area contributed by atoms with Gasteiger partial charge in [-0.25, -0.2) is 8.42 Å². The maximum absolute atomic E-state index is 12.1. The van der Waals surface area contributed by atoms with Gasteiger partial charge in [-0.1, -0.05) is 30.3 Å². The van der Waals surface area contributed by atoms with Crippen LogP contribution in [0.5, 0.6) is 0 Å². The lowest BCUT2D eigenvalue weighted by atomic mass is 10.1. The molecule has 2 aromatic carbocycles. The van der Waals surface area contributed by atoms with Gasteiger partial charge in [0.25, 0.3) is 5.91 Å². The molecular formula is C16H18N2O3S. The molecule has 0 bridgehead atoms. The minimum Gasteiger partial charge on any atom is -0.348 e. The van der Waals surface area contributed by atoms with Crippen molar-refractivity contribution in [1.29, 1.82) is 0 Å². The van der Waals surface area contributed by atoms with E-state index in [2.05, 4.69) is 10.0 Å². The molecule has 1 amide bonds. The lowest BCUT2D eigenvalue weighted by Gasteiger charge is -2.10. The third-order valence-electron chi connectivity index (χ3n) is 3.08. The van der Waals surface area contributed by atoms with E-state index in [4.69, 9.17) is 0 Å². The van der Waals surface area contributed by atoms with Crippen LogP contribution in [0.25, 0.3) is 0 Å². The van der Waals surface area contributed by atoms with Crippen molar-refractivity contribution >= 4 is 21.6 Å². The summed E-state index contributed by atoms with van der Waals surface area (Å²) in [6.45, 7) is 2.20. The fraction of sp³-hybridized carbons (Fsp3) is 0.188. The van der Waals surface area contributed by atoms with Crippen LogP contribution in [0.15, 0.2) is 48.5 Å². The Morgan fingerprint density at radius 2 is 1.77 bits per heavy atom. The number of rotatable bonds is 5. The van der Waals surface area contributed by atoms with Gasteiger partial charge in [-0.3, -0.25) is 9.52 Å². The van der Waals surface area contributed by atoms with Crippen LogP contribution in [0.3, 0.4) is 0 Å². The summed E-state index contributed by atoms with van der Waals surface area (Å²) in [6, 6.07) is 14.5. The second kappa shape index (κ2) is 6.62. The Balaban J connectivity index is 2.06. The van der Waals surface area contributed by atoms with E-state index >= 15 is 0 Å². The van der Waals surface area contributed by atoms with E-state index in [1.807, 2.05) is 30.3 Å². The van der Waals surface area contributed by atoms with Crippen LogP contribution in [-0.2, 0) is 16.6 Å². The molecule has 0 radical (unpaired) electrons. The molecule has 6 heteroatoms. The maximum Gasteiger partial charge on any atom is 0.251 e. The van der Waals surface area contributed by atoms with Crippen LogP contribution < -0.4 is 10.0 Å². The number of anilines is 1. The van der Waals surface area contributed by atoms with Crippen LogP contribution >= 0.6 is 0 Å². The molecular weight excluding hydrogens is 300 g/mol. The number of amides is 1. The molecule has 0 aliphatic rings. The number of hydrogen-bond donors (Lipinski definition) is 2. The first-order valence-corrected chi connectivity index (χ1v) is 8.65. The quantitative estimate of drug-likeness (QED) is 0.888. The first-order valence-electron chi connectivity index (χ1n) is 6.76. The Labute approximate surface area is 130 Å². The summed E-state index contributed by atoms with van der Waals surface area (Å²) in [5, 5.41) is 2.83. The molecule has 0 saturated carbocycles. The van der Waals surface area contributed by atoms with Crippen molar-refractivity contribution in [2.45, 2.75) is 13.5 Å². The number of aryl methyl sites for hydroxylation is 1. The average Bonchev–Trinajstić information content (AvgIpc) is 2.46. The molecule has 0 unspecified atom stereocenters. The molecule has 0 aliphatic carbocycles. The first-order chi connectivity index (χ1) is 10.3. The standard InChI is InChI=1S/C16H18N2O3S/c1-12-10-14(8-9-15(12)18-22(2,20)21)16(19)17-11-13-6-4-3-5-7-13/h3-10,18H,11H2,1-2H3,(H,17,19). The molecule has 0 atom stereocenters. The molecule has 0 aromatic heterocycles. The van der Waals surface area contributed by atoms with Crippen molar-refractivity contribution < 1.29 is 13.2 Å². The Morgan fingerprint density at radius 1 is 1.09 bits per heavy atom. The van der Waals surface area contributed by atoms with E-state index in [0.29, 0.717) is 23.4 Å². The van der Waals surface area contributed by atoms with Crippen molar-refractivity contribution in [2.75, 3.05) is 11.0 Å². The second-order valence-electron chi connectivity index (χ2n) is 5.07. The monoisotopic (exact) mass is 318 g/mol. The van der Waals surface area contributed by atoms with Gasteiger partial charge in [-0.05, 0) is 36.2 Å². The molecule has 116 valence electrons. The smallest absolute Gasteiger partial charge is 0.251 e. The highest BCUT2D eigenvalue weighted by molar-refractivity contribution is 7.92. The highest BCUT2D eigenvalue weighted by Crippen LogP contribution is 2.17. The largest absolute Gasteiger partial charge is 0.348 e. The van der Waals surface area contributed by atoms with E-state index < -0.39 is 10.0 Å². The van der Waals surface area contributed by atoms with Gasteiger partial charge >= 0.3 is 0 Å². The number of carbonyl (C=O) groups is 1. The molecule has 2 rings (SSSR count).